The van der Waals surface area contributed by atoms with E-state index in [0.29, 0.717) is 32.7 Å². The average molecular weight is 319 g/mol. The lowest BCUT2D eigenvalue weighted by Crippen LogP contribution is -2.49. The second kappa shape index (κ2) is 5.81. The van der Waals surface area contributed by atoms with Crippen LogP contribution >= 0.6 is 0 Å². The van der Waals surface area contributed by atoms with E-state index < -0.39 is 5.41 Å². The van der Waals surface area contributed by atoms with Crippen LogP contribution < -0.4 is 5.32 Å². The maximum Gasteiger partial charge on any atom is 0.276 e. The molecule has 2 saturated heterocycles. The smallest absolute Gasteiger partial charge is 0.276 e. The summed E-state index contributed by atoms with van der Waals surface area (Å²) in [6, 6.07) is 1.51. The van der Waals surface area contributed by atoms with E-state index in [4.69, 9.17) is 4.74 Å². The van der Waals surface area contributed by atoms with Gasteiger partial charge in [0.15, 0.2) is 5.69 Å². The van der Waals surface area contributed by atoms with Gasteiger partial charge in [-0.3, -0.25) is 9.59 Å². The molecule has 2 amide bonds. The number of carbonyl (C=O) groups is 2. The molecule has 23 heavy (non-hydrogen) atoms. The number of aryl methyl sites for hydroxylation is 1. The first-order valence-electron chi connectivity index (χ1n) is 7.73. The highest BCUT2D eigenvalue weighted by molar-refractivity contribution is 5.96. The Morgan fingerprint density at radius 2 is 2.30 bits per heavy atom. The Balaban J connectivity index is 1.87. The molecule has 0 radical (unpaired) electrons. The summed E-state index contributed by atoms with van der Waals surface area (Å²) in [5.74, 6) is -0.565. The molecule has 7 heteroatoms. The minimum atomic E-state index is -0.608. The second-order valence-electron chi connectivity index (χ2n) is 6.32. The zero-order valence-electron chi connectivity index (χ0n) is 13.3. The van der Waals surface area contributed by atoms with E-state index in [0.717, 1.165) is 5.56 Å². The van der Waals surface area contributed by atoms with Crippen molar-refractivity contribution in [3.63, 3.8) is 0 Å². The quantitative estimate of drug-likeness (QED) is 0.819. The van der Waals surface area contributed by atoms with Crippen LogP contribution in [0.1, 0.15) is 22.5 Å². The minimum Gasteiger partial charge on any atom is -0.505 e. The third-order valence-corrected chi connectivity index (χ3v) is 4.88. The predicted molar refractivity (Wildman–Crippen MR) is 82.0 cm³/mol. The standard InChI is InChI=1S/C16H21N3O4/c1-10-5-12(20)13(18-6-10)14(21)19-7-11-8-23-4-3-16(11,9-19)15(22)17-2/h5-6,11,20H,3-4,7-9H2,1-2H3,(H,17,22)/t11-,16+/m1/s1. The van der Waals surface area contributed by atoms with Gasteiger partial charge in [0.25, 0.3) is 5.91 Å². The van der Waals surface area contributed by atoms with Crippen molar-refractivity contribution in [2.45, 2.75) is 13.3 Å². The second-order valence-corrected chi connectivity index (χ2v) is 6.32. The van der Waals surface area contributed by atoms with Crippen LogP contribution in [0.15, 0.2) is 12.3 Å². The van der Waals surface area contributed by atoms with E-state index in [-0.39, 0.29) is 29.2 Å². The Morgan fingerprint density at radius 3 is 3.00 bits per heavy atom. The summed E-state index contributed by atoms with van der Waals surface area (Å²) in [4.78, 5) is 30.8. The zero-order chi connectivity index (χ0) is 16.6. The van der Waals surface area contributed by atoms with Crippen LogP contribution in [-0.2, 0) is 9.53 Å². The number of carbonyl (C=O) groups excluding carboxylic acids is 2. The number of pyridine rings is 1. The number of likely N-dealkylation sites (tertiary alicyclic amines) is 1. The summed E-state index contributed by atoms with van der Waals surface area (Å²) in [7, 11) is 1.61. The zero-order valence-corrected chi connectivity index (χ0v) is 13.3. The first-order valence-corrected chi connectivity index (χ1v) is 7.73. The van der Waals surface area contributed by atoms with Gasteiger partial charge in [-0.05, 0) is 25.0 Å². The van der Waals surface area contributed by atoms with E-state index in [1.54, 1.807) is 25.1 Å². The fourth-order valence-corrected chi connectivity index (χ4v) is 3.59. The van der Waals surface area contributed by atoms with Crippen LogP contribution in [0.3, 0.4) is 0 Å². The summed E-state index contributed by atoms with van der Waals surface area (Å²) in [5, 5.41) is 12.7. The number of aromatic hydroxyl groups is 1. The molecule has 2 aliphatic rings. The van der Waals surface area contributed by atoms with Crippen molar-refractivity contribution < 1.29 is 19.4 Å². The highest BCUT2D eigenvalue weighted by Gasteiger charge is 2.54. The molecule has 0 unspecified atom stereocenters. The SMILES string of the molecule is CNC(=O)[C@]12CCOC[C@H]1CN(C(=O)c1ncc(C)cc1O)C2. The summed E-state index contributed by atoms with van der Waals surface area (Å²) >= 11 is 0. The van der Waals surface area contributed by atoms with E-state index in [2.05, 4.69) is 10.3 Å². The lowest BCUT2D eigenvalue weighted by atomic mass is 9.73. The molecule has 2 atom stereocenters. The van der Waals surface area contributed by atoms with Crippen LogP contribution in [0, 0.1) is 18.3 Å². The predicted octanol–water partition coefficient (Wildman–Crippen LogP) is 0.320. The molecule has 2 fully saturated rings. The van der Waals surface area contributed by atoms with Crippen molar-refractivity contribution in [1.82, 2.24) is 15.2 Å². The van der Waals surface area contributed by atoms with Gasteiger partial charge < -0.3 is 20.1 Å². The van der Waals surface area contributed by atoms with Crippen molar-refractivity contribution in [2.24, 2.45) is 11.3 Å². The lowest BCUT2D eigenvalue weighted by molar-refractivity contribution is -0.138. The summed E-state index contributed by atoms with van der Waals surface area (Å²) in [5.41, 5.74) is 0.204. The molecule has 0 aliphatic carbocycles. The van der Waals surface area contributed by atoms with Gasteiger partial charge >= 0.3 is 0 Å². The van der Waals surface area contributed by atoms with Gasteiger partial charge in [0.1, 0.15) is 5.75 Å². The minimum absolute atomic E-state index is 0.0298. The Hall–Kier alpha value is -2.15. The first kappa shape index (κ1) is 15.7. The largest absolute Gasteiger partial charge is 0.505 e. The Kier molecular flexibility index (Phi) is 3.97. The average Bonchev–Trinajstić information content (AvgIpc) is 2.94. The van der Waals surface area contributed by atoms with Crippen molar-refractivity contribution >= 4 is 11.8 Å². The molecule has 0 spiro atoms. The molecule has 3 rings (SSSR count). The number of amides is 2. The van der Waals surface area contributed by atoms with Gasteiger partial charge in [0.05, 0.1) is 12.0 Å². The number of fused-ring (bicyclic) bond motifs is 1. The maximum atomic E-state index is 12.7. The Bertz CT molecular complexity index is 648. The van der Waals surface area contributed by atoms with E-state index in [9.17, 15) is 14.7 Å². The lowest BCUT2D eigenvalue weighted by Gasteiger charge is -2.36. The van der Waals surface area contributed by atoms with Gasteiger partial charge in [-0.25, -0.2) is 4.98 Å². The van der Waals surface area contributed by atoms with Crippen LogP contribution in [0.25, 0.3) is 0 Å². The van der Waals surface area contributed by atoms with E-state index in [1.807, 2.05) is 0 Å². The normalized spacial score (nSPS) is 26.7. The van der Waals surface area contributed by atoms with E-state index in [1.165, 1.54) is 6.07 Å². The van der Waals surface area contributed by atoms with Crippen molar-refractivity contribution in [3.05, 3.63) is 23.5 Å². The van der Waals surface area contributed by atoms with Crippen LogP contribution in [0.2, 0.25) is 0 Å². The number of ether oxygens (including phenoxy) is 1. The monoisotopic (exact) mass is 319 g/mol. The van der Waals surface area contributed by atoms with Gasteiger partial charge in [-0.2, -0.15) is 0 Å². The van der Waals surface area contributed by atoms with Crippen LogP contribution in [0.4, 0.5) is 0 Å². The van der Waals surface area contributed by atoms with Crippen LogP contribution in [0.5, 0.6) is 5.75 Å². The van der Waals surface area contributed by atoms with Crippen LogP contribution in [-0.4, -0.2) is 60.2 Å². The number of rotatable bonds is 2. The first-order chi connectivity index (χ1) is 11.0. The van der Waals surface area contributed by atoms with Gasteiger partial charge in [-0.1, -0.05) is 0 Å². The van der Waals surface area contributed by atoms with Crippen molar-refractivity contribution in [1.29, 1.82) is 0 Å². The molecule has 0 bridgehead atoms. The molecule has 7 nitrogen and oxygen atoms in total. The van der Waals surface area contributed by atoms with Gasteiger partial charge in [0.2, 0.25) is 5.91 Å². The molecule has 124 valence electrons. The van der Waals surface area contributed by atoms with Gasteiger partial charge in [0, 0.05) is 38.9 Å². The van der Waals surface area contributed by atoms with E-state index >= 15 is 0 Å². The van der Waals surface area contributed by atoms with Crippen molar-refractivity contribution in [2.75, 3.05) is 33.4 Å². The number of aromatic nitrogens is 1. The molecule has 2 N–H and O–H groups in total. The summed E-state index contributed by atoms with van der Waals surface area (Å²) in [6.45, 7) is 3.53. The molecule has 1 aromatic heterocycles. The number of nitrogens with zero attached hydrogens (tertiary/aromatic N) is 2. The fraction of sp³-hybridized carbons (Fsp3) is 0.562. The number of hydrogen-bond donors (Lipinski definition) is 2. The molecular formula is C16H21N3O4. The summed E-state index contributed by atoms with van der Waals surface area (Å²) < 4.78 is 5.49. The molecule has 0 saturated carbocycles. The highest BCUT2D eigenvalue weighted by Crippen LogP contribution is 2.43. The third kappa shape index (κ3) is 2.55. The fourth-order valence-electron chi connectivity index (χ4n) is 3.59. The Morgan fingerprint density at radius 1 is 1.52 bits per heavy atom. The topological polar surface area (TPSA) is 91.8 Å². The van der Waals surface area contributed by atoms with Crippen molar-refractivity contribution in [3.8, 4) is 5.75 Å². The third-order valence-electron chi connectivity index (χ3n) is 4.88. The highest BCUT2D eigenvalue weighted by atomic mass is 16.5. The molecule has 2 aliphatic heterocycles. The molecule has 0 aromatic carbocycles. The van der Waals surface area contributed by atoms with Gasteiger partial charge in [-0.15, -0.1) is 0 Å². The molecule has 3 heterocycles. The maximum absolute atomic E-state index is 12.7. The summed E-state index contributed by atoms with van der Waals surface area (Å²) in [6.07, 6.45) is 2.14. The molecule has 1 aromatic rings. The number of nitrogens with one attached hydrogen (secondary N) is 1. The number of hydrogen-bond acceptors (Lipinski definition) is 5. The Labute approximate surface area is 134 Å². The molecular weight excluding hydrogens is 298 g/mol.